The summed E-state index contributed by atoms with van der Waals surface area (Å²) in [6.45, 7) is 8.75. The summed E-state index contributed by atoms with van der Waals surface area (Å²) in [5.74, 6) is -0.453. The molecule has 0 saturated carbocycles. The van der Waals surface area contributed by atoms with Crippen molar-refractivity contribution < 1.29 is 19.1 Å². The van der Waals surface area contributed by atoms with Crippen LogP contribution in [0.15, 0.2) is 24.3 Å². The molecule has 142 valence electrons. The van der Waals surface area contributed by atoms with E-state index in [-0.39, 0.29) is 12.6 Å². The van der Waals surface area contributed by atoms with Gasteiger partial charge in [-0.3, -0.25) is 4.79 Å². The zero-order valence-corrected chi connectivity index (χ0v) is 15.7. The molecule has 0 unspecified atom stereocenters. The van der Waals surface area contributed by atoms with E-state index in [1.807, 2.05) is 0 Å². The summed E-state index contributed by atoms with van der Waals surface area (Å²) in [6.07, 6.45) is 5.26. The van der Waals surface area contributed by atoms with Crippen molar-refractivity contribution in [1.82, 2.24) is 5.32 Å². The Morgan fingerprint density at radius 1 is 1.00 bits per heavy atom. The first-order valence-electron chi connectivity index (χ1n) is 8.94. The molecule has 0 aromatic heterocycles. The van der Waals surface area contributed by atoms with Gasteiger partial charge in [-0.25, -0.2) is 4.79 Å². The topological polar surface area (TPSA) is 90.7 Å². The quantitative estimate of drug-likeness (QED) is 0.472. The Kier molecular flexibility index (Phi) is 14.2. The lowest BCUT2D eigenvalue weighted by Crippen LogP contribution is -2.20. The molecule has 1 aromatic rings. The van der Waals surface area contributed by atoms with E-state index in [9.17, 15) is 9.59 Å². The summed E-state index contributed by atoms with van der Waals surface area (Å²) in [7, 11) is 0. The van der Waals surface area contributed by atoms with Gasteiger partial charge >= 0.3 is 5.97 Å². The predicted octanol–water partition coefficient (Wildman–Crippen LogP) is 2.90. The summed E-state index contributed by atoms with van der Waals surface area (Å²) in [6, 6.07) is 6.28. The van der Waals surface area contributed by atoms with Crippen LogP contribution in [0.5, 0.6) is 5.75 Å². The summed E-state index contributed by atoms with van der Waals surface area (Å²) in [4.78, 5) is 21.7. The number of amides is 1. The molecule has 1 aromatic carbocycles. The Labute approximate surface area is 151 Å². The highest BCUT2D eigenvalue weighted by molar-refractivity contribution is 5.89. The van der Waals surface area contributed by atoms with Gasteiger partial charge in [0.15, 0.2) is 6.61 Å². The number of benzene rings is 1. The van der Waals surface area contributed by atoms with Crippen molar-refractivity contribution >= 4 is 11.9 Å². The summed E-state index contributed by atoms with van der Waals surface area (Å²) in [5, 5.41) is 3.39. The molecule has 1 rings (SSSR count). The maximum Gasteiger partial charge on any atom is 0.338 e. The number of nitrogens with two attached hydrogens (primary N) is 1. The highest BCUT2D eigenvalue weighted by Gasteiger charge is 2.06. The summed E-state index contributed by atoms with van der Waals surface area (Å²) >= 11 is 0. The van der Waals surface area contributed by atoms with Crippen LogP contribution in [0.25, 0.3) is 0 Å². The lowest BCUT2D eigenvalue weighted by Gasteiger charge is -2.05. The van der Waals surface area contributed by atoms with Crippen molar-refractivity contribution in [3.63, 3.8) is 0 Å². The maximum atomic E-state index is 11.3. The molecule has 0 aliphatic heterocycles. The van der Waals surface area contributed by atoms with Gasteiger partial charge in [0.05, 0.1) is 12.2 Å². The minimum absolute atomic E-state index is 0.182. The fourth-order valence-electron chi connectivity index (χ4n) is 1.78. The van der Waals surface area contributed by atoms with Crippen molar-refractivity contribution in [3.8, 4) is 5.75 Å². The van der Waals surface area contributed by atoms with Crippen molar-refractivity contribution in [2.75, 3.05) is 26.3 Å². The van der Waals surface area contributed by atoms with Crippen LogP contribution in [0.2, 0.25) is 0 Å². The van der Waals surface area contributed by atoms with Crippen molar-refractivity contribution in [1.29, 1.82) is 0 Å². The third kappa shape index (κ3) is 12.9. The van der Waals surface area contributed by atoms with Gasteiger partial charge in [0.2, 0.25) is 0 Å². The lowest BCUT2D eigenvalue weighted by atomic mass is 10.2. The van der Waals surface area contributed by atoms with Crippen molar-refractivity contribution in [3.05, 3.63) is 29.8 Å². The monoisotopic (exact) mass is 352 g/mol. The Morgan fingerprint density at radius 3 is 2.00 bits per heavy atom. The molecule has 6 heteroatoms. The van der Waals surface area contributed by atoms with Gasteiger partial charge in [-0.15, -0.1) is 0 Å². The standard InChI is InChI=1S/C11H13NO4.C8H19N/c1-2-15-11(14)8-3-5-9(6-4-8)16-7-10(12)13;1-3-5-7-9-8-6-4-2/h3-6H,2,7H2,1H3,(H2,12,13);9H,3-8H2,1-2H3. The van der Waals surface area contributed by atoms with E-state index < -0.39 is 5.91 Å². The molecule has 0 fully saturated rings. The molecule has 0 aliphatic rings. The number of nitrogens with one attached hydrogen (secondary N) is 1. The number of primary amides is 1. The molecule has 1 amide bonds. The minimum atomic E-state index is -0.547. The van der Waals surface area contributed by atoms with Crippen LogP contribution in [0.1, 0.15) is 56.8 Å². The van der Waals surface area contributed by atoms with Gasteiger partial charge in [-0.1, -0.05) is 26.7 Å². The van der Waals surface area contributed by atoms with Crippen LogP contribution >= 0.6 is 0 Å². The number of hydrogen-bond donors (Lipinski definition) is 2. The van der Waals surface area contributed by atoms with Crippen LogP contribution < -0.4 is 15.8 Å². The first-order chi connectivity index (χ1) is 12.0. The zero-order chi connectivity index (χ0) is 18.9. The Bertz CT molecular complexity index is 469. The molecular formula is C19H32N2O4. The molecule has 3 N–H and O–H groups in total. The van der Waals surface area contributed by atoms with Crippen LogP contribution in [-0.2, 0) is 9.53 Å². The molecule has 0 heterocycles. The van der Waals surface area contributed by atoms with E-state index in [2.05, 4.69) is 19.2 Å². The smallest absolute Gasteiger partial charge is 0.338 e. The Balaban J connectivity index is 0.000000547. The predicted molar refractivity (Wildman–Crippen MR) is 99.8 cm³/mol. The van der Waals surface area contributed by atoms with Crippen LogP contribution in [-0.4, -0.2) is 38.2 Å². The normalized spacial score (nSPS) is 9.72. The minimum Gasteiger partial charge on any atom is -0.484 e. The van der Waals surface area contributed by atoms with Gasteiger partial charge in [0.25, 0.3) is 5.91 Å². The third-order valence-corrected chi connectivity index (χ3v) is 3.16. The van der Waals surface area contributed by atoms with E-state index in [0.29, 0.717) is 17.9 Å². The van der Waals surface area contributed by atoms with Gasteiger partial charge < -0.3 is 20.5 Å². The van der Waals surface area contributed by atoms with E-state index in [1.54, 1.807) is 31.2 Å². The number of ether oxygens (including phenoxy) is 2. The van der Waals surface area contributed by atoms with Crippen LogP contribution in [0, 0.1) is 0 Å². The second kappa shape index (κ2) is 15.4. The zero-order valence-electron chi connectivity index (χ0n) is 15.7. The van der Waals surface area contributed by atoms with Gasteiger partial charge in [-0.05, 0) is 57.1 Å². The number of carbonyl (C=O) groups is 2. The molecule has 6 nitrogen and oxygen atoms in total. The summed E-state index contributed by atoms with van der Waals surface area (Å²) in [5.41, 5.74) is 5.36. The van der Waals surface area contributed by atoms with Crippen LogP contribution in [0.4, 0.5) is 0 Å². The summed E-state index contributed by atoms with van der Waals surface area (Å²) < 4.78 is 9.85. The first kappa shape index (κ1) is 22.9. The molecule has 0 aliphatic carbocycles. The SMILES string of the molecule is CCCCNCCCC.CCOC(=O)c1ccc(OCC(N)=O)cc1. The molecule has 0 spiro atoms. The number of hydrogen-bond acceptors (Lipinski definition) is 5. The molecule has 0 atom stereocenters. The molecule has 0 radical (unpaired) electrons. The second-order valence-electron chi connectivity index (χ2n) is 5.46. The molecule has 0 saturated heterocycles. The Hall–Kier alpha value is -2.08. The average molecular weight is 352 g/mol. The number of rotatable bonds is 11. The molecule has 0 bridgehead atoms. The highest BCUT2D eigenvalue weighted by atomic mass is 16.5. The molecular weight excluding hydrogens is 320 g/mol. The lowest BCUT2D eigenvalue weighted by molar-refractivity contribution is -0.119. The number of esters is 1. The highest BCUT2D eigenvalue weighted by Crippen LogP contribution is 2.12. The largest absolute Gasteiger partial charge is 0.484 e. The Morgan fingerprint density at radius 2 is 1.56 bits per heavy atom. The van der Waals surface area contributed by atoms with Crippen LogP contribution in [0.3, 0.4) is 0 Å². The molecule has 25 heavy (non-hydrogen) atoms. The second-order valence-corrected chi connectivity index (χ2v) is 5.46. The third-order valence-electron chi connectivity index (χ3n) is 3.16. The van der Waals surface area contributed by atoms with E-state index in [0.717, 1.165) is 0 Å². The number of unbranched alkanes of at least 4 members (excludes halogenated alkanes) is 2. The number of carbonyl (C=O) groups excluding carboxylic acids is 2. The van der Waals surface area contributed by atoms with E-state index in [1.165, 1.54) is 38.8 Å². The maximum absolute atomic E-state index is 11.3. The first-order valence-corrected chi connectivity index (χ1v) is 8.94. The van der Waals surface area contributed by atoms with Gasteiger partial charge in [-0.2, -0.15) is 0 Å². The fraction of sp³-hybridized carbons (Fsp3) is 0.579. The fourth-order valence-corrected chi connectivity index (χ4v) is 1.78. The average Bonchev–Trinajstić information content (AvgIpc) is 2.61. The van der Waals surface area contributed by atoms with Crippen molar-refractivity contribution in [2.24, 2.45) is 5.73 Å². The van der Waals surface area contributed by atoms with Gasteiger partial charge in [0.1, 0.15) is 5.75 Å². The van der Waals surface area contributed by atoms with Gasteiger partial charge in [0, 0.05) is 0 Å². The van der Waals surface area contributed by atoms with Crippen molar-refractivity contribution in [2.45, 2.75) is 46.5 Å². The van der Waals surface area contributed by atoms with E-state index >= 15 is 0 Å². The van der Waals surface area contributed by atoms with E-state index in [4.69, 9.17) is 15.2 Å².